The van der Waals surface area contributed by atoms with Crippen LogP contribution in [0.1, 0.15) is 57.6 Å². The van der Waals surface area contributed by atoms with Gasteiger partial charge in [0.25, 0.3) is 0 Å². The molecule has 0 saturated carbocycles. The summed E-state index contributed by atoms with van der Waals surface area (Å²) in [5.74, 6) is 0. The van der Waals surface area contributed by atoms with Crippen molar-refractivity contribution >= 4 is 15.9 Å². The maximum Gasteiger partial charge on any atom is 0.00910 e. The molecule has 0 heterocycles. The van der Waals surface area contributed by atoms with Crippen LogP contribution < -0.4 is 0 Å². The summed E-state index contributed by atoms with van der Waals surface area (Å²) in [5.41, 5.74) is 3.38. The lowest BCUT2D eigenvalue weighted by molar-refractivity contribution is 0.284. The predicted octanol–water partition coefficient (Wildman–Crippen LogP) is 5.77. The Morgan fingerprint density at radius 1 is 1.00 bits per heavy atom. The molecule has 0 N–H and O–H groups in total. The van der Waals surface area contributed by atoms with Crippen LogP contribution in [-0.2, 0) is 12.8 Å². The molecule has 1 aromatic rings. The van der Waals surface area contributed by atoms with E-state index in [2.05, 4.69) is 61.0 Å². The first-order chi connectivity index (χ1) is 8.69. The Morgan fingerprint density at radius 3 is 2.06 bits per heavy atom. The minimum absolute atomic E-state index is 0.448. The molecule has 0 saturated heterocycles. The fourth-order valence-electron chi connectivity index (χ4n) is 2.48. The van der Waals surface area contributed by atoms with E-state index in [1.165, 1.54) is 43.2 Å². The number of rotatable bonds is 8. The SMILES string of the molecule is CCCCC(CC)(CBr)Cc1ccc(CC)cc1. The van der Waals surface area contributed by atoms with Crippen molar-refractivity contribution in [2.24, 2.45) is 5.41 Å². The number of hydrogen-bond donors (Lipinski definition) is 0. The van der Waals surface area contributed by atoms with Crippen molar-refractivity contribution in [1.29, 1.82) is 0 Å². The van der Waals surface area contributed by atoms with Gasteiger partial charge in [-0.1, -0.05) is 73.8 Å². The molecular formula is C17H27Br. The Balaban J connectivity index is 2.74. The van der Waals surface area contributed by atoms with E-state index < -0.39 is 0 Å². The Hall–Kier alpha value is -0.300. The second-order valence-electron chi connectivity index (χ2n) is 5.44. The summed E-state index contributed by atoms with van der Waals surface area (Å²) in [5, 5.41) is 1.12. The summed E-state index contributed by atoms with van der Waals surface area (Å²) < 4.78 is 0. The highest BCUT2D eigenvalue weighted by atomic mass is 79.9. The molecule has 0 radical (unpaired) electrons. The van der Waals surface area contributed by atoms with Crippen LogP contribution in [0, 0.1) is 5.41 Å². The fraction of sp³-hybridized carbons (Fsp3) is 0.647. The third-order valence-corrected chi connectivity index (χ3v) is 5.29. The van der Waals surface area contributed by atoms with E-state index >= 15 is 0 Å². The van der Waals surface area contributed by atoms with Gasteiger partial charge in [-0.25, -0.2) is 0 Å². The first kappa shape index (κ1) is 15.8. The van der Waals surface area contributed by atoms with Gasteiger partial charge in [-0.2, -0.15) is 0 Å². The van der Waals surface area contributed by atoms with Crippen molar-refractivity contribution in [2.75, 3.05) is 5.33 Å². The molecule has 0 fully saturated rings. The average Bonchev–Trinajstić information content (AvgIpc) is 2.44. The number of hydrogen-bond acceptors (Lipinski definition) is 0. The molecule has 0 aromatic heterocycles. The molecule has 0 bridgehead atoms. The number of benzene rings is 1. The average molecular weight is 311 g/mol. The molecule has 102 valence electrons. The lowest BCUT2D eigenvalue weighted by Crippen LogP contribution is -2.25. The fourth-order valence-corrected chi connectivity index (χ4v) is 3.35. The molecular weight excluding hydrogens is 284 g/mol. The molecule has 1 heteroatoms. The zero-order valence-electron chi connectivity index (χ0n) is 12.1. The summed E-state index contributed by atoms with van der Waals surface area (Å²) in [4.78, 5) is 0. The third-order valence-electron chi connectivity index (χ3n) is 4.10. The van der Waals surface area contributed by atoms with Crippen LogP contribution >= 0.6 is 15.9 Å². The standard InChI is InChI=1S/C17H27Br/c1-4-7-12-17(6-3,14-18)13-16-10-8-15(5-2)9-11-16/h8-11H,4-7,12-14H2,1-3H3. The molecule has 18 heavy (non-hydrogen) atoms. The van der Waals surface area contributed by atoms with Crippen LogP contribution in [-0.4, -0.2) is 5.33 Å². The van der Waals surface area contributed by atoms with Gasteiger partial charge in [-0.3, -0.25) is 0 Å². The van der Waals surface area contributed by atoms with Gasteiger partial charge in [0, 0.05) is 5.33 Å². The molecule has 1 atom stereocenters. The van der Waals surface area contributed by atoms with E-state index in [9.17, 15) is 0 Å². The minimum Gasteiger partial charge on any atom is -0.0922 e. The van der Waals surface area contributed by atoms with Crippen LogP contribution in [0.15, 0.2) is 24.3 Å². The molecule has 0 amide bonds. The summed E-state index contributed by atoms with van der Waals surface area (Å²) in [6, 6.07) is 9.20. The van der Waals surface area contributed by atoms with Gasteiger partial charge in [-0.05, 0) is 42.2 Å². The Labute approximate surface area is 121 Å². The predicted molar refractivity (Wildman–Crippen MR) is 85.6 cm³/mol. The van der Waals surface area contributed by atoms with Crippen LogP contribution in [0.25, 0.3) is 0 Å². The zero-order chi connectivity index (χ0) is 13.4. The smallest absolute Gasteiger partial charge is 0.00910 e. The molecule has 0 nitrogen and oxygen atoms in total. The Bertz CT molecular complexity index is 322. The van der Waals surface area contributed by atoms with Crippen LogP contribution in [0.4, 0.5) is 0 Å². The topological polar surface area (TPSA) is 0 Å². The van der Waals surface area contributed by atoms with Gasteiger partial charge in [0.15, 0.2) is 0 Å². The maximum absolute atomic E-state index is 3.75. The number of aryl methyl sites for hydroxylation is 1. The normalized spacial score (nSPS) is 14.4. The Morgan fingerprint density at radius 2 is 1.61 bits per heavy atom. The number of unbranched alkanes of at least 4 members (excludes halogenated alkanes) is 1. The summed E-state index contributed by atoms with van der Waals surface area (Å²) in [6.45, 7) is 6.83. The molecule has 0 aliphatic heterocycles. The van der Waals surface area contributed by atoms with Gasteiger partial charge < -0.3 is 0 Å². The lowest BCUT2D eigenvalue weighted by Gasteiger charge is -2.31. The first-order valence-corrected chi connectivity index (χ1v) is 8.45. The summed E-state index contributed by atoms with van der Waals surface area (Å²) in [7, 11) is 0. The van der Waals surface area contributed by atoms with E-state index in [-0.39, 0.29) is 0 Å². The molecule has 0 spiro atoms. The first-order valence-electron chi connectivity index (χ1n) is 7.33. The van der Waals surface area contributed by atoms with Gasteiger partial charge in [0.05, 0.1) is 0 Å². The minimum atomic E-state index is 0.448. The van der Waals surface area contributed by atoms with E-state index in [4.69, 9.17) is 0 Å². The number of alkyl halides is 1. The molecule has 1 aromatic carbocycles. The lowest BCUT2D eigenvalue weighted by atomic mass is 9.77. The maximum atomic E-state index is 3.75. The summed E-state index contributed by atoms with van der Waals surface area (Å²) in [6.07, 6.45) is 7.57. The van der Waals surface area contributed by atoms with Gasteiger partial charge in [0.1, 0.15) is 0 Å². The van der Waals surface area contributed by atoms with Crippen molar-refractivity contribution in [3.05, 3.63) is 35.4 Å². The zero-order valence-corrected chi connectivity index (χ0v) is 13.7. The van der Waals surface area contributed by atoms with Gasteiger partial charge in [0.2, 0.25) is 0 Å². The second-order valence-corrected chi connectivity index (χ2v) is 6.00. The molecule has 0 aliphatic rings. The van der Waals surface area contributed by atoms with Crippen molar-refractivity contribution in [3.63, 3.8) is 0 Å². The highest BCUT2D eigenvalue weighted by Crippen LogP contribution is 2.35. The van der Waals surface area contributed by atoms with Gasteiger partial charge >= 0.3 is 0 Å². The monoisotopic (exact) mass is 310 g/mol. The quantitative estimate of drug-likeness (QED) is 0.534. The third kappa shape index (κ3) is 4.42. The second kappa shape index (κ2) is 7.99. The largest absolute Gasteiger partial charge is 0.0922 e. The molecule has 1 rings (SSSR count). The van der Waals surface area contributed by atoms with E-state index in [0.717, 1.165) is 11.8 Å². The van der Waals surface area contributed by atoms with Crippen LogP contribution in [0.5, 0.6) is 0 Å². The number of halogens is 1. The molecule has 0 aliphatic carbocycles. The van der Waals surface area contributed by atoms with Crippen molar-refractivity contribution in [2.45, 2.75) is 59.3 Å². The van der Waals surface area contributed by atoms with E-state index in [0.29, 0.717) is 5.41 Å². The van der Waals surface area contributed by atoms with E-state index in [1.54, 1.807) is 0 Å². The van der Waals surface area contributed by atoms with Gasteiger partial charge in [-0.15, -0.1) is 0 Å². The summed E-state index contributed by atoms with van der Waals surface area (Å²) >= 11 is 3.75. The highest BCUT2D eigenvalue weighted by molar-refractivity contribution is 9.09. The van der Waals surface area contributed by atoms with E-state index in [1.807, 2.05) is 0 Å². The van der Waals surface area contributed by atoms with Crippen molar-refractivity contribution in [3.8, 4) is 0 Å². The van der Waals surface area contributed by atoms with Crippen molar-refractivity contribution < 1.29 is 0 Å². The Kier molecular flexibility index (Phi) is 6.99. The van der Waals surface area contributed by atoms with Crippen molar-refractivity contribution in [1.82, 2.24) is 0 Å². The highest BCUT2D eigenvalue weighted by Gasteiger charge is 2.26. The van der Waals surface area contributed by atoms with Crippen LogP contribution in [0.2, 0.25) is 0 Å². The van der Waals surface area contributed by atoms with Crippen LogP contribution in [0.3, 0.4) is 0 Å². The molecule has 1 unspecified atom stereocenters.